The number of Topliss-reactive ketones (excluding diaryl/α,β-unsaturated/α-hetero) is 1. The molecule has 0 spiro atoms. The second-order valence-electron chi connectivity index (χ2n) is 7.08. The normalized spacial score (nSPS) is 19.6. The number of ether oxygens (including phenoxy) is 1. The van der Waals surface area contributed by atoms with Gasteiger partial charge >= 0.3 is 0 Å². The summed E-state index contributed by atoms with van der Waals surface area (Å²) in [7, 11) is 0. The first-order valence-corrected chi connectivity index (χ1v) is 10.5. The maximum absolute atomic E-state index is 13.2. The van der Waals surface area contributed by atoms with Gasteiger partial charge in [-0.1, -0.05) is 24.3 Å². The van der Waals surface area contributed by atoms with Crippen molar-refractivity contribution in [2.45, 2.75) is 38.5 Å². The Balaban J connectivity index is 1.80. The molecule has 0 aromatic heterocycles. The maximum Gasteiger partial charge on any atom is 0.232 e. The Bertz CT molecular complexity index is 949. The SMILES string of the molecule is CCOc1ccc(C2CC(=O)N(c3ccccc3Br)C3=C2C(=O)CCC3)cc1. The van der Waals surface area contributed by atoms with Crippen LogP contribution < -0.4 is 9.64 Å². The van der Waals surface area contributed by atoms with Crippen LogP contribution in [0.2, 0.25) is 0 Å². The third-order valence-electron chi connectivity index (χ3n) is 5.36. The van der Waals surface area contributed by atoms with Gasteiger partial charge in [-0.2, -0.15) is 0 Å². The van der Waals surface area contributed by atoms with Gasteiger partial charge in [-0.3, -0.25) is 14.5 Å². The van der Waals surface area contributed by atoms with Gasteiger partial charge in [-0.15, -0.1) is 0 Å². The number of ketones is 1. The summed E-state index contributed by atoms with van der Waals surface area (Å²) in [6, 6.07) is 15.5. The second kappa shape index (κ2) is 7.92. The van der Waals surface area contributed by atoms with Crippen LogP contribution in [0.1, 0.15) is 44.1 Å². The zero-order valence-corrected chi connectivity index (χ0v) is 17.4. The van der Waals surface area contributed by atoms with Gasteiger partial charge in [-0.25, -0.2) is 0 Å². The lowest BCUT2D eigenvalue weighted by Crippen LogP contribution is -2.40. The van der Waals surface area contributed by atoms with Crippen LogP contribution >= 0.6 is 15.9 Å². The maximum atomic E-state index is 13.2. The molecule has 1 heterocycles. The number of nitrogens with zero attached hydrogens (tertiary/aromatic N) is 1. The van der Waals surface area contributed by atoms with Crippen LogP contribution in [0.5, 0.6) is 5.75 Å². The predicted octanol–water partition coefficient (Wildman–Crippen LogP) is 5.38. The molecule has 0 saturated heterocycles. The molecule has 144 valence electrons. The average Bonchev–Trinajstić information content (AvgIpc) is 2.69. The van der Waals surface area contributed by atoms with E-state index >= 15 is 0 Å². The Morgan fingerprint density at radius 3 is 2.54 bits per heavy atom. The highest BCUT2D eigenvalue weighted by molar-refractivity contribution is 9.10. The molecule has 1 aliphatic carbocycles. The van der Waals surface area contributed by atoms with Crippen molar-refractivity contribution >= 4 is 33.3 Å². The van der Waals surface area contributed by atoms with Crippen molar-refractivity contribution in [3.63, 3.8) is 0 Å². The van der Waals surface area contributed by atoms with Gasteiger partial charge < -0.3 is 4.74 Å². The molecule has 0 N–H and O–H groups in total. The smallest absolute Gasteiger partial charge is 0.232 e. The molecule has 0 radical (unpaired) electrons. The lowest BCUT2D eigenvalue weighted by Gasteiger charge is -2.38. The summed E-state index contributed by atoms with van der Waals surface area (Å²) in [4.78, 5) is 27.9. The molecular formula is C23H22BrNO3. The van der Waals surface area contributed by atoms with Crippen LogP contribution in [-0.4, -0.2) is 18.3 Å². The highest BCUT2D eigenvalue weighted by Gasteiger charge is 2.40. The van der Waals surface area contributed by atoms with Gasteiger partial charge in [0, 0.05) is 34.5 Å². The first kappa shape index (κ1) is 18.9. The van der Waals surface area contributed by atoms with Crippen molar-refractivity contribution in [3.05, 3.63) is 69.8 Å². The summed E-state index contributed by atoms with van der Waals surface area (Å²) < 4.78 is 6.38. The second-order valence-corrected chi connectivity index (χ2v) is 7.93. The first-order valence-electron chi connectivity index (χ1n) is 9.66. The molecule has 2 aromatic carbocycles. The average molecular weight is 440 g/mol. The molecule has 1 amide bonds. The van der Waals surface area contributed by atoms with Crippen LogP contribution in [0.3, 0.4) is 0 Å². The zero-order valence-electron chi connectivity index (χ0n) is 15.8. The number of hydrogen-bond donors (Lipinski definition) is 0. The fourth-order valence-corrected chi connectivity index (χ4v) is 4.62. The minimum Gasteiger partial charge on any atom is -0.494 e. The van der Waals surface area contributed by atoms with Crippen molar-refractivity contribution in [1.82, 2.24) is 0 Å². The van der Waals surface area contributed by atoms with Gasteiger partial charge in [0.25, 0.3) is 0 Å². The van der Waals surface area contributed by atoms with Crippen LogP contribution in [0, 0.1) is 0 Å². The summed E-state index contributed by atoms with van der Waals surface area (Å²) in [6.07, 6.45) is 2.35. The van der Waals surface area contributed by atoms with Crippen LogP contribution in [0.15, 0.2) is 64.3 Å². The number of halogens is 1. The third-order valence-corrected chi connectivity index (χ3v) is 6.03. The number of anilines is 1. The molecule has 1 aliphatic heterocycles. The number of allylic oxidation sites excluding steroid dienone is 2. The van der Waals surface area contributed by atoms with E-state index in [0.29, 0.717) is 19.4 Å². The molecule has 0 bridgehead atoms. The highest BCUT2D eigenvalue weighted by atomic mass is 79.9. The molecule has 5 heteroatoms. The molecule has 2 aliphatic rings. The Kier molecular flexibility index (Phi) is 5.36. The number of benzene rings is 2. The van der Waals surface area contributed by atoms with Crippen LogP contribution in [-0.2, 0) is 9.59 Å². The molecular weight excluding hydrogens is 418 g/mol. The van der Waals surface area contributed by atoms with E-state index in [1.165, 1.54) is 0 Å². The Labute approximate surface area is 173 Å². The summed E-state index contributed by atoms with van der Waals surface area (Å²) in [5.41, 5.74) is 3.45. The summed E-state index contributed by atoms with van der Waals surface area (Å²) in [5, 5.41) is 0. The van der Waals surface area contributed by atoms with Crippen molar-refractivity contribution in [3.8, 4) is 5.75 Å². The highest BCUT2D eigenvalue weighted by Crippen LogP contribution is 2.44. The standard InChI is InChI=1S/C23H22BrNO3/c1-2-28-16-12-10-15(11-13-16)17-14-22(27)25(19-7-4-3-6-18(19)24)20-8-5-9-21(26)23(17)20/h3-4,6-7,10-13,17H,2,5,8-9,14H2,1H3. The molecule has 1 unspecified atom stereocenters. The van der Waals surface area contributed by atoms with Gasteiger partial charge in [0.05, 0.1) is 12.3 Å². The number of carbonyl (C=O) groups is 2. The molecule has 0 saturated carbocycles. The Morgan fingerprint density at radius 2 is 1.82 bits per heavy atom. The number of amides is 1. The summed E-state index contributed by atoms with van der Waals surface area (Å²) in [6.45, 7) is 2.55. The number of hydrogen-bond acceptors (Lipinski definition) is 3. The van der Waals surface area contributed by atoms with Gasteiger partial charge in [0.15, 0.2) is 5.78 Å². The van der Waals surface area contributed by atoms with Crippen molar-refractivity contribution in [2.75, 3.05) is 11.5 Å². The fourth-order valence-electron chi connectivity index (χ4n) is 4.15. The predicted molar refractivity (Wildman–Crippen MR) is 112 cm³/mol. The van der Waals surface area contributed by atoms with E-state index in [1.54, 1.807) is 4.90 Å². The van der Waals surface area contributed by atoms with E-state index in [2.05, 4.69) is 15.9 Å². The minimum atomic E-state index is -0.190. The Morgan fingerprint density at radius 1 is 1.07 bits per heavy atom. The van der Waals surface area contributed by atoms with Crippen molar-refractivity contribution < 1.29 is 14.3 Å². The largest absolute Gasteiger partial charge is 0.494 e. The van der Waals surface area contributed by atoms with E-state index in [-0.39, 0.29) is 17.6 Å². The molecule has 4 rings (SSSR count). The number of para-hydroxylation sites is 1. The van der Waals surface area contributed by atoms with E-state index in [4.69, 9.17) is 4.74 Å². The fraction of sp³-hybridized carbons (Fsp3) is 0.304. The van der Waals surface area contributed by atoms with E-state index < -0.39 is 0 Å². The van der Waals surface area contributed by atoms with E-state index in [0.717, 1.165) is 45.6 Å². The summed E-state index contributed by atoms with van der Waals surface area (Å²) in [5.74, 6) is 0.793. The van der Waals surface area contributed by atoms with Gasteiger partial charge in [-0.05, 0) is 65.5 Å². The van der Waals surface area contributed by atoms with Crippen LogP contribution in [0.25, 0.3) is 0 Å². The lowest BCUT2D eigenvalue weighted by molar-refractivity contribution is -0.119. The van der Waals surface area contributed by atoms with E-state index in [9.17, 15) is 9.59 Å². The zero-order chi connectivity index (χ0) is 19.7. The quantitative estimate of drug-likeness (QED) is 0.642. The molecule has 2 aromatic rings. The first-order chi connectivity index (χ1) is 13.6. The number of carbonyl (C=O) groups excluding carboxylic acids is 2. The monoisotopic (exact) mass is 439 g/mol. The lowest BCUT2D eigenvalue weighted by atomic mass is 9.77. The molecule has 1 atom stereocenters. The van der Waals surface area contributed by atoms with Crippen molar-refractivity contribution in [1.29, 1.82) is 0 Å². The van der Waals surface area contributed by atoms with E-state index in [1.807, 2.05) is 55.5 Å². The van der Waals surface area contributed by atoms with Crippen LogP contribution in [0.4, 0.5) is 5.69 Å². The van der Waals surface area contributed by atoms with Gasteiger partial charge in [0.2, 0.25) is 5.91 Å². The summed E-state index contributed by atoms with van der Waals surface area (Å²) >= 11 is 3.56. The third kappa shape index (κ3) is 3.39. The van der Waals surface area contributed by atoms with Gasteiger partial charge in [0.1, 0.15) is 5.75 Å². The minimum absolute atomic E-state index is 0.0271. The molecule has 4 nitrogen and oxygen atoms in total. The molecule has 28 heavy (non-hydrogen) atoms. The molecule has 0 fully saturated rings. The van der Waals surface area contributed by atoms with Crippen molar-refractivity contribution in [2.24, 2.45) is 0 Å². The number of rotatable bonds is 4. The Hall–Kier alpha value is -2.40. The topological polar surface area (TPSA) is 46.6 Å².